The molecule has 1 atom stereocenters. The predicted octanol–water partition coefficient (Wildman–Crippen LogP) is 5.46. The van der Waals surface area contributed by atoms with Gasteiger partial charge in [0.05, 0.1) is 0 Å². The molecule has 0 heterocycles. The number of rotatable bonds is 1. The van der Waals surface area contributed by atoms with Crippen molar-refractivity contribution >= 4 is 19.2 Å². The first-order valence-corrected chi connectivity index (χ1v) is 9.81. The maximum atomic E-state index is 6.79. The van der Waals surface area contributed by atoms with Crippen LogP contribution in [-0.2, 0) is 0 Å². The number of hydrogen-bond donors (Lipinski definition) is 0. The van der Waals surface area contributed by atoms with Gasteiger partial charge >= 0.3 is 0 Å². The van der Waals surface area contributed by atoms with Gasteiger partial charge in [-0.15, -0.1) is 0 Å². The van der Waals surface area contributed by atoms with E-state index in [-0.39, 0.29) is 21.3 Å². The molecule has 0 saturated heterocycles. The van der Waals surface area contributed by atoms with E-state index in [2.05, 4.69) is 68.9 Å². The minimum atomic E-state index is -1.32. The van der Waals surface area contributed by atoms with E-state index in [0.717, 1.165) is 0 Å². The molecule has 0 fully saturated rings. The third-order valence-electron chi connectivity index (χ3n) is 4.15. The summed E-state index contributed by atoms with van der Waals surface area (Å²) in [6.07, 6.45) is 0. The smallest absolute Gasteiger partial charge is 0.145 e. The molecule has 0 aliphatic carbocycles. The van der Waals surface area contributed by atoms with Gasteiger partial charge in [0.25, 0.3) is 0 Å². The molecule has 2 heteroatoms. The van der Waals surface area contributed by atoms with E-state index in [1.165, 1.54) is 0 Å². The second-order valence-corrected chi connectivity index (χ2v) is 12.2. The van der Waals surface area contributed by atoms with Crippen molar-refractivity contribution in [1.82, 2.24) is 0 Å². The largest absolute Gasteiger partial charge is 0.171 e. The molecule has 0 bridgehead atoms. The van der Waals surface area contributed by atoms with E-state index in [1.807, 2.05) is 0 Å². The number of hydrogen-bond acceptors (Lipinski definition) is 0. The highest BCUT2D eigenvalue weighted by Gasteiger charge is 2.60. The van der Waals surface area contributed by atoms with Crippen LogP contribution in [0.4, 0.5) is 0 Å². The van der Waals surface area contributed by atoms with Gasteiger partial charge in [-0.2, -0.15) is 11.1 Å². The topological polar surface area (TPSA) is 0 Å². The fourth-order valence-corrected chi connectivity index (χ4v) is 11.7. The fourth-order valence-electron chi connectivity index (χ4n) is 5.17. The molecule has 0 aromatic rings. The van der Waals surface area contributed by atoms with Crippen molar-refractivity contribution in [3.8, 4) is 0 Å². The standard InChI is InChI=1S/C14H31ClSi/c1-11(2,3)14(16(10)15,12(4,5)6)13(7,8)9/h16H,1-10H3. The minimum absolute atomic E-state index is 0.217. The van der Waals surface area contributed by atoms with Crippen molar-refractivity contribution in [2.75, 3.05) is 0 Å². The lowest BCUT2D eigenvalue weighted by atomic mass is 9.55. The molecular formula is C14H31ClSi. The molecule has 0 amide bonds. The predicted molar refractivity (Wildman–Crippen MR) is 79.9 cm³/mol. The summed E-state index contributed by atoms with van der Waals surface area (Å²) in [5.41, 5.74) is 0.699. The molecule has 98 valence electrons. The van der Waals surface area contributed by atoms with Crippen LogP contribution in [0.2, 0.25) is 11.6 Å². The zero-order valence-corrected chi connectivity index (χ0v) is 14.9. The maximum Gasteiger partial charge on any atom is 0.145 e. The van der Waals surface area contributed by atoms with Crippen molar-refractivity contribution in [2.24, 2.45) is 16.2 Å². The van der Waals surface area contributed by atoms with Crippen LogP contribution in [-0.4, -0.2) is 8.11 Å². The molecule has 0 N–H and O–H groups in total. The Balaban J connectivity index is 6.05. The molecule has 0 aromatic carbocycles. The van der Waals surface area contributed by atoms with Crippen molar-refractivity contribution in [3.05, 3.63) is 0 Å². The average Bonchev–Trinajstić information content (AvgIpc) is 1.71. The Morgan fingerprint density at radius 1 is 0.625 bits per heavy atom. The van der Waals surface area contributed by atoms with E-state index in [9.17, 15) is 0 Å². The van der Waals surface area contributed by atoms with Crippen LogP contribution in [0.5, 0.6) is 0 Å². The third kappa shape index (κ3) is 2.36. The molecule has 0 aliphatic heterocycles. The molecule has 1 unspecified atom stereocenters. The zero-order chi connectivity index (χ0) is 13.6. The highest BCUT2D eigenvalue weighted by atomic mass is 35.6. The van der Waals surface area contributed by atoms with Crippen LogP contribution < -0.4 is 0 Å². The first kappa shape index (κ1) is 16.5. The Morgan fingerprint density at radius 3 is 0.812 bits per heavy atom. The van der Waals surface area contributed by atoms with Gasteiger partial charge in [0.15, 0.2) is 0 Å². The normalized spacial score (nSPS) is 17.4. The highest BCUT2D eigenvalue weighted by molar-refractivity contribution is 7.08. The molecule has 0 aliphatic rings. The fraction of sp³-hybridized carbons (Fsp3) is 1.00. The van der Waals surface area contributed by atoms with E-state index >= 15 is 0 Å². The minimum Gasteiger partial charge on any atom is -0.171 e. The van der Waals surface area contributed by atoms with Crippen LogP contribution in [0, 0.1) is 16.2 Å². The van der Waals surface area contributed by atoms with Gasteiger partial charge in [-0.3, -0.25) is 0 Å². The Hall–Kier alpha value is 0.507. The van der Waals surface area contributed by atoms with Crippen LogP contribution >= 0.6 is 11.1 Å². The van der Waals surface area contributed by atoms with Crippen molar-refractivity contribution in [1.29, 1.82) is 0 Å². The average molecular weight is 263 g/mol. The van der Waals surface area contributed by atoms with Gasteiger partial charge in [-0.05, 0) is 21.3 Å². The molecule has 0 nitrogen and oxygen atoms in total. The van der Waals surface area contributed by atoms with Crippen LogP contribution in [0.15, 0.2) is 0 Å². The summed E-state index contributed by atoms with van der Waals surface area (Å²) in [4.78, 5) is 0. The SMILES string of the molecule is C[SiH](Cl)C(C(C)(C)C)(C(C)(C)C)C(C)(C)C. The van der Waals surface area contributed by atoms with Gasteiger partial charge < -0.3 is 0 Å². The lowest BCUT2D eigenvalue weighted by Crippen LogP contribution is -2.55. The quantitative estimate of drug-likeness (QED) is 0.435. The van der Waals surface area contributed by atoms with Crippen molar-refractivity contribution in [3.63, 3.8) is 0 Å². The van der Waals surface area contributed by atoms with Crippen LogP contribution in [0.3, 0.4) is 0 Å². The Morgan fingerprint density at radius 2 is 0.812 bits per heavy atom. The van der Waals surface area contributed by atoms with E-state index in [4.69, 9.17) is 11.1 Å². The van der Waals surface area contributed by atoms with E-state index in [0.29, 0.717) is 0 Å². The monoisotopic (exact) mass is 262 g/mol. The zero-order valence-electron chi connectivity index (χ0n) is 13.0. The first-order chi connectivity index (χ1) is 6.69. The first-order valence-electron chi connectivity index (χ1n) is 6.33. The van der Waals surface area contributed by atoms with Crippen LogP contribution in [0.25, 0.3) is 0 Å². The molecule has 0 aromatic heterocycles. The van der Waals surface area contributed by atoms with Crippen molar-refractivity contribution in [2.45, 2.75) is 73.9 Å². The van der Waals surface area contributed by atoms with E-state index < -0.39 is 8.11 Å². The lowest BCUT2D eigenvalue weighted by molar-refractivity contribution is 0.0196. The molecule has 0 radical (unpaired) electrons. The maximum absolute atomic E-state index is 6.79. The Labute approximate surface area is 109 Å². The highest BCUT2D eigenvalue weighted by Crippen LogP contribution is 2.69. The summed E-state index contributed by atoms with van der Waals surface area (Å²) in [7, 11) is -1.32. The second kappa shape index (κ2) is 4.31. The van der Waals surface area contributed by atoms with Gasteiger partial charge in [-0.1, -0.05) is 68.9 Å². The second-order valence-electron chi connectivity index (χ2n) is 8.17. The van der Waals surface area contributed by atoms with E-state index in [1.54, 1.807) is 0 Å². The third-order valence-corrected chi connectivity index (χ3v) is 8.92. The van der Waals surface area contributed by atoms with Gasteiger partial charge in [0, 0.05) is 0 Å². The summed E-state index contributed by atoms with van der Waals surface area (Å²) in [6.45, 7) is 23.5. The summed E-state index contributed by atoms with van der Waals surface area (Å²) >= 11 is 6.79. The summed E-state index contributed by atoms with van der Waals surface area (Å²) < 4.78 is 0. The molecule has 16 heavy (non-hydrogen) atoms. The van der Waals surface area contributed by atoms with Crippen LogP contribution in [0.1, 0.15) is 62.3 Å². The summed E-state index contributed by atoms with van der Waals surface area (Å²) in [5, 5.41) is 0.217. The summed E-state index contributed by atoms with van der Waals surface area (Å²) in [6, 6.07) is 0. The van der Waals surface area contributed by atoms with Crippen molar-refractivity contribution < 1.29 is 0 Å². The summed E-state index contributed by atoms with van der Waals surface area (Å²) in [5.74, 6) is 0. The number of halogens is 1. The molecular weight excluding hydrogens is 232 g/mol. The van der Waals surface area contributed by atoms with Gasteiger partial charge in [0.2, 0.25) is 0 Å². The molecule has 0 rings (SSSR count). The Kier molecular flexibility index (Phi) is 4.45. The molecule has 0 spiro atoms. The van der Waals surface area contributed by atoms with Gasteiger partial charge in [-0.25, -0.2) is 0 Å². The molecule has 0 saturated carbocycles. The Bertz CT molecular complexity index is 199. The van der Waals surface area contributed by atoms with Gasteiger partial charge in [0.1, 0.15) is 8.11 Å². The lowest BCUT2D eigenvalue weighted by Gasteiger charge is -2.62.